The first-order valence-electron chi connectivity index (χ1n) is 6.00. The molecule has 0 aliphatic rings. The molecule has 20 heavy (non-hydrogen) atoms. The van der Waals surface area contributed by atoms with E-state index in [0.29, 0.717) is 24.5 Å². The molecular formula is C13H16N4O3. The number of rotatable bonds is 6. The molecule has 0 spiro atoms. The number of methoxy groups -OCH3 is 1. The molecule has 2 rings (SSSR count). The first-order valence-corrected chi connectivity index (χ1v) is 6.00. The first-order chi connectivity index (χ1) is 9.61. The lowest BCUT2D eigenvalue weighted by atomic mass is 10.1. The highest BCUT2D eigenvalue weighted by atomic mass is 16.5. The summed E-state index contributed by atoms with van der Waals surface area (Å²) in [6.07, 6.45) is 4.04. The fraction of sp³-hybridized carbons (Fsp3) is 0.231. The molecule has 1 heterocycles. The van der Waals surface area contributed by atoms with Crippen molar-refractivity contribution in [1.82, 2.24) is 9.97 Å². The topological polar surface area (TPSA) is 116 Å². The molecule has 7 heteroatoms. The quantitative estimate of drug-likeness (QED) is 0.672. The molecule has 1 aromatic heterocycles. The second-order valence-electron chi connectivity index (χ2n) is 4.09. The minimum absolute atomic E-state index is 0.209. The molecule has 0 saturated carbocycles. The second-order valence-corrected chi connectivity index (χ2v) is 4.09. The number of carbonyl (C=O) groups is 1. The number of hydrogen-bond donors (Lipinski definition) is 3. The van der Waals surface area contributed by atoms with Crippen LogP contribution >= 0.6 is 0 Å². The van der Waals surface area contributed by atoms with Crippen LogP contribution in [0.5, 0.6) is 11.5 Å². The molecule has 0 unspecified atom stereocenters. The van der Waals surface area contributed by atoms with E-state index in [9.17, 15) is 4.79 Å². The van der Waals surface area contributed by atoms with Crippen molar-refractivity contribution in [3.8, 4) is 11.5 Å². The van der Waals surface area contributed by atoms with Gasteiger partial charge in [-0.15, -0.1) is 0 Å². The van der Waals surface area contributed by atoms with Crippen molar-refractivity contribution < 1.29 is 14.3 Å². The third-order valence-corrected chi connectivity index (χ3v) is 2.75. The molecule has 0 fully saturated rings. The third kappa shape index (κ3) is 3.00. The Morgan fingerprint density at radius 2 is 2.20 bits per heavy atom. The number of amides is 1. The SMILES string of the molecule is COc1cc(C(N)=O)c(N)cc1OCCc1ncc[nH]1. The van der Waals surface area contributed by atoms with Gasteiger partial charge in [0, 0.05) is 30.6 Å². The summed E-state index contributed by atoms with van der Waals surface area (Å²) < 4.78 is 10.8. The molecule has 5 N–H and O–H groups in total. The highest BCUT2D eigenvalue weighted by Crippen LogP contribution is 2.32. The van der Waals surface area contributed by atoms with Gasteiger partial charge in [-0.25, -0.2) is 4.98 Å². The van der Waals surface area contributed by atoms with Crippen molar-refractivity contribution in [3.63, 3.8) is 0 Å². The average Bonchev–Trinajstić information content (AvgIpc) is 2.91. The van der Waals surface area contributed by atoms with Crippen molar-refractivity contribution in [2.75, 3.05) is 19.5 Å². The number of hydrogen-bond acceptors (Lipinski definition) is 5. The molecular weight excluding hydrogens is 260 g/mol. The second kappa shape index (κ2) is 5.96. The maximum atomic E-state index is 11.2. The number of carbonyl (C=O) groups excluding carboxylic acids is 1. The Hall–Kier alpha value is -2.70. The van der Waals surface area contributed by atoms with E-state index in [1.54, 1.807) is 12.4 Å². The van der Waals surface area contributed by atoms with Gasteiger partial charge >= 0.3 is 0 Å². The predicted molar refractivity (Wildman–Crippen MR) is 73.7 cm³/mol. The Morgan fingerprint density at radius 1 is 1.40 bits per heavy atom. The van der Waals surface area contributed by atoms with Gasteiger partial charge in [0.05, 0.1) is 19.3 Å². The first kappa shape index (κ1) is 13.7. The molecule has 0 bridgehead atoms. The van der Waals surface area contributed by atoms with Crippen LogP contribution in [-0.2, 0) is 6.42 Å². The Bertz CT molecular complexity index is 596. The summed E-state index contributed by atoms with van der Waals surface area (Å²) in [6, 6.07) is 3.00. The Balaban J connectivity index is 2.10. The monoisotopic (exact) mass is 276 g/mol. The lowest BCUT2D eigenvalue weighted by Gasteiger charge is -2.12. The van der Waals surface area contributed by atoms with Gasteiger partial charge in [0.1, 0.15) is 5.82 Å². The number of ether oxygens (including phenoxy) is 2. The van der Waals surface area contributed by atoms with Gasteiger partial charge < -0.3 is 25.9 Å². The number of imidazole rings is 1. The lowest BCUT2D eigenvalue weighted by Crippen LogP contribution is -2.14. The van der Waals surface area contributed by atoms with Gasteiger partial charge in [0.15, 0.2) is 11.5 Å². The number of aromatic amines is 1. The third-order valence-electron chi connectivity index (χ3n) is 2.75. The maximum Gasteiger partial charge on any atom is 0.250 e. The highest BCUT2D eigenvalue weighted by molar-refractivity contribution is 5.98. The molecule has 106 valence electrons. The van der Waals surface area contributed by atoms with Crippen molar-refractivity contribution in [1.29, 1.82) is 0 Å². The van der Waals surface area contributed by atoms with E-state index in [4.69, 9.17) is 20.9 Å². The number of primary amides is 1. The van der Waals surface area contributed by atoms with Crippen LogP contribution in [0.15, 0.2) is 24.5 Å². The molecule has 0 aliphatic carbocycles. The van der Waals surface area contributed by atoms with Crippen LogP contribution in [0.3, 0.4) is 0 Å². The van der Waals surface area contributed by atoms with Gasteiger partial charge in [0.25, 0.3) is 5.91 Å². The van der Waals surface area contributed by atoms with E-state index >= 15 is 0 Å². The number of nitrogen functional groups attached to an aromatic ring is 1. The fourth-order valence-corrected chi connectivity index (χ4v) is 1.75. The van der Waals surface area contributed by atoms with Crippen LogP contribution in [-0.4, -0.2) is 29.6 Å². The number of nitrogens with two attached hydrogens (primary N) is 2. The van der Waals surface area contributed by atoms with E-state index < -0.39 is 5.91 Å². The minimum Gasteiger partial charge on any atom is -0.493 e. The van der Waals surface area contributed by atoms with E-state index in [0.717, 1.165) is 5.82 Å². The summed E-state index contributed by atoms with van der Waals surface area (Å²) in [5.74, 6) is 1.09. The molecule has 7 nitrogen and oxygen atoms in total. The van der Waals surface area contributed by atoms with Gasteiger partial charge in [-0.3, -0.25) is 4.79 Å². The van der Waals surface area contributed by atoms with Crippen LogP contribution in [0.2, 0.25) is 0 Å². The Morgan fingerprint density at radius 3 is 2.80 bits per heavy atom. The molecule has 0 saturated heterocycles. The van der Waals surface area contributed by atoms with Gasteiger partial charge in [-0.2, -0.15) is 0 Å². The number of aromatic nitrogens is 2. The normalized spacial score (nSPS) is 10.2. The van der Waals surface area contributed by atoms with Gasteiger partial charge in [0.2, 0.25) is 0 Å². The Kier molecular flexibility index (Phi) is 4.09. The smallest absolute Gasteiger partial charge is 0.250 e. The average molecular weight is 276 g/mol. The molecule has 2 aromatic rings. The van der Waals surface area contributed by atoms with Crippen LogP contribution in [0, 0.1) is 0 Å². The van der Waals surface area contributed by atoms with Crippen molar-refractivity contribution in [2.45, 2.75) is 6.42 Å². The predicted octanol–water partition coefficient (Wildman–Crippen LogP) is 0.721. The summed E-state index contributed by atoms with van der Waals surface area (Å²) in [5, 5.41) is 0. The number of nitrogens with one attached hydrogen (secondary N) is 1. The van der Waals surface area contributed by atoms with E-state index in [-0.39, 0.29) is 11.3 Å². The van der Waals surface area contributed by atoms with Gasteiger partial charge in [-0.1, -0.05) is 0 Å². The van der Waals surface area contributed by atoms with Crippen LogP contribution in [0.25, 0.3) is 0 Å². The summed E-state index contributed by atoms with van der Waals surface area (Å²) in [6.45, 7) is 0.402. The molecule has 0 atom stereocenters. The van der Waals surface area contributed by atoms with Crippen molar-refractivity contribution in [2.24, 2.45) is 5.73 Å². The number of anilines is 1. The largest absolute Gasteiger partial charge is 0.493 e. The standard InChI is InChI=1S/C13H16N4O3/c1-19-10-6-8(13(15)18)9(14)7-11(10)20-5-2-12-16-3-4-17-12/h3-4,6-7H,2,5,14H2,1H3,(H2,15,18)(H,16,17). The fourth-order valence-electron chi connectivity index (χ4n) is 1.75. The number of H-pyrrole nitrogens is 1. The van der Waals surface area contributed by atoms with Crippen molar-refractivity contribution in [3.05, 3.63) is 35.9 Å². The summed E-state index contributed by atoms with van der Waals surface area (Å²) in [5.41, 5.74) is 11.4. The van der Waals surface area contributed by atoms with Crippen LogP contribution in [0.4, 0.5) is 5.69 Å². The van der Waals surface area contributed by atoms with Crippen LogP contribution < -0.4 is 20.9 Å². The summed E-state index contributed by atoms with van der Waals surface area (Å²) in [7, 11) is 1.48. The molecule has 0 aliphatic heterocycles. The minimum atomic E-state index is -0.608. The number of nitrogens with zero attached hydrogens (tertiary/aromatic N) is 1. The zero-order chi connectivity index (χ0) is 14.5. The van der Waals surface area contributed by atoms with E-state index in [1.807, 2.05) is 0 Å². The maximum absolute atomic E-state index is 11.2. The lowest BCUT2D eigenvalue weighted by molar-refractivity contribution is 0.100. The molecule has 0 radical (unpaired) electrons. The zero-order valence-corrected chi connectivity index (χ0v) is 11.1. The van der Waals surface area contributed by atoms with E-state index in [2.05, 4.69) is 9.97 Å². The number of benzene rings is 1. The van der Waals surface area contributed by atoms with E-state index in [1.165, 1.54) is 19.2 Å². The molecule has 1 aromatic carbocycles. The molecule has 1 amide bonds. The summed E-state index contributed by atoms with van der Waals surface area (Å²) in [4.78, 5) is 18.3. The highest BCUT2D eigenvalue weighted by Gasteiger charge is 2.13. The zero-order valence-electron chi connectivity index (χ0n) is 11.1. The van der Waals surface area contributed by atoms with Crippen molar-refractivity contribution >= 4 is 11.6 Å². The Labute approximate surface area is 115 Å². The summed E-state index contributed by atoms with van der Waals surface area (Å²) >= 11 is 0. The van der Waals surface area contributed by atoms with Gasteiger partial charge in [-0.05, 0) is 6.07 Å². The van der Waals surface area contributed by atoms with Crippen LogP contribution in [0.1, 0.15) is 16.2 Å².